The molecule has 4 N–H and O–H groups in total. The number of nitrogens with two attached hydrogens (primary N) is 1. The normalized spacial score (nSPS) is 9.63. The van der Waals surface area contributed by atoms with Crippen molar-refractivity contribution in [2.75, 3.05) is 11.1 Å². The van der Waals surface area contributed by atoms with Gasteiger partial charge in [-0.1, -0.05) is 12.1 Å². The van der Waals surface area contributed by atoms with E-state index in [-0.39, 0.29) is 5.56 Å². The summed E-state index contributed by atoms with van der Waals surface area (Å²) in [6, 6.07) is 13.4. The highest BCUT2D eigenvalue weighted by atomic mass is 16.4. The lowest BCUT2D eigenvalue weighted by atomic mass is 10.1. The minimum absolute atomic E-state index is 0.131. The molecule has 0 unspecified atom stereocenters. The average molecular weight is 253 g/mol. The molecule has 0 fully saturated rings. The van der Waals surface area contributed by atoms with Crippen LogP contribution in [0.3, 0.4) is 0 Å². The second-order valence-electron chi connectivity index (χ2n) is 3.89. The topological polar surface area (TPSA) is 99.1 Å². The molecule has 0 aliphatic carbocycles. The number of aromatic carboxylic acids is 1. The molecule has 0 atom stereocenters. The van der Waals surface area contributed by atoms with E-state index in [0.717, 1.165) is 0 Å². The Balaban J connectivity index is 2.41. The number of carboxylic acid groups (broad SMARTS) is 1. The zero-order valence-corrected chi connectivity index (χ0v) is 9.92. The average Bonchev–Trinajstić information content (AvgIpc) is 2.41. The summed E-state index contributed by atoms with van der Waals surface area (Å²) in [4.78, 5) is 10.9. The number of hydrogen-bond acceptors (Lipinski definition) is 4. The van der Waals surface area contributed by atoms with Crippen molar-refractivity contribution in [3.63, 3.8) is 0 Å². The van der Waals surface area contributed by atoms with Gasteiger partial charge in [0, 0.05) is 0 Å². The number of nitrogens with one attached hydrogen (secondary N) is 1. The molecule has 0 heterocycles. The molecule has 94 valence electrons. The van der Waals surface area contributed by atoms with Gasteiger partial charge in [0.2, 0.25) is 0 Å². The number of benzene rings is 2. The van der Waals surface area contributed by atoms with Crippen LogP contribution in [-0.4, -0.2) is 11.1 Å². The van der Waals surface area contributed by atoms with Crippen LogP contribution in [-0.2, 0) is 0 Å². The summed E-state index contributed by atoms with van der Waals surface area (Å²) in [7, 11) is 0. The SMILES string of the molecule is N#Cc1ccccc1Nc1cc(C(=O)O)ccc1N. The molecular weight excluding hydrogens is 242 g/mol. The largest absolute Gasteiger partial charge is 0.478 e. The van der Waals surface area contributed by atoms with Gasteiger partial charge in [-0.05, 0) is 30.3 Å². The van der Waals surface area contributed by atoms with Gasteiger partial charge in [-0.3, -0.25) is 0 Å². The second kappa shape index (κ2) is 5.10. The predicted octanol–water partition coefficient (Wildman–Crippen LogP) is 2.58. The van der Waals surface area contributed by atoms with Crippen LogP contribution in [0.4, 0.5) is 17.1 Å². The van der Waals surface area contributed by atoms with Gasteiger partial charge < -0.3 is 16.2 Å². The smallest absolute Gasteiger partial charge is 0.335 e. The zero-order chi connectivity index (χ0) is 13.8. The molecule has 0 saturated carbocycles. The number of nitrogen functional groups attached to an aromatic ring is 1. The lowest BCUT2D eigenvalue weighted by Crippen LogP contribution is -2.02. The molecule has 0 aromatic heterocycles. The number of para-hydroxylation sites is 1. The number of nitrogens with zero attached hydrogens (tertiary/aromatic N) is 1. The summed E-state index contributed by atoms with van der Waals surface area (Å²) < 4.78 is 0. The van der Waals surface area contributed by atoms with Gasteiger partial charge in [0.25, 0.3) is 0 Å². The van der Waals surface area contributed by atoms with Gasteiger partial charge in [0.05, 0.1) is 28.2 Å². The Morgan fingerprint density at radius 2 is 1.95 bits per heavy atom. The lowest BCUT2D eigenvalue weighted by molar-refractivity contribution is 0.0697. The maximum atomic E-state index is 10.9. The molecule has 5 heteroatoms. The Labute approximate surface area is 109 Å². The Hall–Kier alpha value is -3.00. The van der Waals surface area contributed by atoms with Crippen LogP contribution < -0.4 is 11.1 Å². The third kappa shape index (κ3) is 2.64. The number of anilines is 3. The summed E-state index contributed by atoms with van der Waals surface area (Å²) in [5, 5.41) is 20.9. The second-order valence-corrected chi connectivity index (χ2v) is 3.89. The van der Waals surface area contributed by atoms with Crippen molar-refractivity contribution in [3.05, 3.63) is 53.6 Å². The molecule has 0 aliphatic rings. The minimum Gasteiger partial charge on any atom is -0.478 e. The fraction of sp³-hybridized carbons (Fsp3) is 0. The van der Waals surface area contributed by atoms with E-state index in [4.69, 9.17) is 16.1 Å². The minimum atomic E-state index is -1.03. The Bertz CT molecular complexity index is 675. The highest BCUT2D eigenvalue weighted by molar-refractivity contribution is 5.91. The fourth-order valence-corrected chi connectivity index (χ4v) is 1.63. The van der Waals surface area contributed by atoms with Crippen LogP contribution in [0, 0.1) is 11.3 Å². The molecule has 0 aliphatic heterocycles. The van der Waals surface area contributed by atoms with E-state index >= 15 is 0 Å². The first-order chi connectivity index (χ1) is 9.11. The van der Waals surface area contributed by atoms with E-state index in [1.807, 2.05) is 0 Å². The summed E-state index contributed by atoms with van der Waals surface area (Å²) >= 11 is 0. The number of rotatable bonds is 3. The quantitative estimate of drug-likeness (QED) is 0.730. The Morgan fingerprint density at radius 1 is 1.21 bits per heavy atom. The van der Waals surface area contributed by atoms with Crippen LogP contribution >= 0.6 is 0 Å². The highest BCUT2D eigenvalue weighted by Gasteiger charge is 2.08. The molecule has 0 radical (unpaired) electrons. The van der Waals surface area contributed by atoms with Gasteiger partial charge in [-0.15, -0.1) is 0 Å². The van der Waals surface area contributed by atoms with E-state index in [9.17, 15) is 4.79 Å². The van der Waals surface area contributed by atoms with Crippen molar-refractivity contribution in [2.45, 2.75) is 0 Å². The Kier molecular flexibility index (Phi) is 3.35. The molecule has 0 amide bonds. The number of hydrogen-bond donors (Lipinski definition) is 3. The molecule has 19 heavy (non-hydrogen) atoms. The number of carbonyl (C=O) groups is 1. The number of carboxylic acids is 1. The van der Waals surface area contributed by atoms with E-state index in [1.54, 1.807) is 24.3 Å². The van der Waals surface area contributed by atoms with E-state index in [1.165, 1.54) is 18.2 Å². The molecule has 5 nitrogen and oxygen atoms in total. The van der Waals surface area contributed by atoms with E-state index in [0.29, 0.717) is 22.6 Å². The predicted molar refractivity (Wildman–Crippen MR) is 72.3 cm³/mol. The van der Waals surface area contributed by atoms with Gasteiger partial charge in [0.1, 0.15) is 6.07 Å². The molecule has 0 bridgehead atoms. The first-order valence-corrected chi connectivity index (χ1v) is 5.51. The zero-order valence-electron chi connectivity index (χ0n) is 9.92. The standard InChI is InChI=1S/C14H11N3O2/c15-8-10-3-1-2-4-12(10)17-13-7-9(14(18)19)5-6-11(13)16/h1-7,17H,16H2,(H,18,19). The summed E-state index contributed by atoms with van der Waals surface area (Å²) in [6.07, 6.45) is 0. The van der Waals surface area contributed by atoms with Crippen LogP contribution in [0.5, 0.6) is 0 Å². The monoisotopic (exact) mass is 253 g/mol. The van der Waals surface area contributed by atoms with Crippen molar-refractivity contribution < 1.29 is 9.90 Å². The summed E-state index contributed by atoms with van der Waals surface area (Å²) in [5.41, 5.74) is 7.84. The lowest BCUT2D eigenvalue weighted by Gasteiger charge is -2.11. The molecule has 0 saturated heterocycles. The Morgan fingerprint density at radius 3 is 2.63 bits per heavy atom. The van der Waals surface area contributed by atoms with Crippen LogP contribution in [0.1, 0.15) is 15.9 Å². The highest BCUT2D eigenvalue weighted by Crippen LogP contribution is 2.26. The van der Waals surface area contributed by atoms with Gasteiger partial charge in [-0.25, -0.2) is 4.79 Å². The van der Waals surface area contributed by atoms with Gasteiger partial charge in [0.15, 0.2) is 0 Å². The maximum Gasteiger partial charge on any atom is 0.335 e. The van der Waals surface area contributed by atoms with Crippen molar-refractivity contribution in [3.8, 4) is 6.07 Å². The fourth-order valence-electron chi connectivity index (χ4n) is 1.63. The summed E-state index contributed by atoms with van der Waals surface area (Å²) in [5.74, 6) is -1.03. The maximum absolute atomic E-state index is 10.9. The molecular formula is C14H11N3O2. The first kappa shape index (κ1) is 12.5. The van der Waals surface area contributed by atoms with Gasteiger partial charge in [-0.2, -0.15) is 5.26 Å². The van der Waals surface area contributed by atoms with Crippen molar-refractivity contribution in [2.24, 2.45) is 0 Å². The molecule has 2 aromatic rings. The van der Waals surface area contributed by atoms with Crippen LogP contribution in [0.15, 0.2) is 42.5 Å². The third-order valence-corrected chi connectivity index (χ3v) is 2.62. The molecule has 2 aromatic carbocycles. The molecule has 2 rings (SSSR count). The number of nitriles is 1. The first-order valence-electron chi connectivity index (χ1n) is 5.51. The van der Waals surface area contributed by atoms with Crippen LogP contribution in [0.2, 0.25) is 0 Å². The van der Waals surface area contributed by atoms with Crippen LogP contribution in [0.25, 0.3) is 0 Å². The third-order valence-electron chi connectivity index (χ3n) is 2.62. The summed E-state index contributed by atoms with van der Waals surface area (Å²) in [6.45, 7) is 0. The van der Waals surface area contributed by atoms with Crippen molar-refractivity contribution >= 4 is 23.0 Å². The van der Waals surface area contributed by atoms with E-state index in [2.05, 4.69) is 11.4 Å². The van der Waals surface area contributed by atoms with Crippen molar-refractivity contribution in [1.82, 2.24) is 0 Å². The molecule has 0 spiro atoms. The van der Waals surface area contributed by atoms with Gasteiger partial charge >= 0.3 is 5.97 Å². The van der Waals surface area contributed by atoms with E-state index < -0.39 is 5.97 Å². The van der Waals surface area contributed by atoms with Crippen molar-refractivity contribution in [1.29, 1.82) is 5.26 Å².